The van der Waals surface area contributed by atoms with Gasteiger partial charge in [-0.15, -0.1) is 0 Å². The molecule has 2 N–H and O–H groups in total. The maximum atomic E-state index is 11.4. The fraction of sp³-hybridized carbons (Fsp3) is 0.529. The van der Waals surface area contributed by atoms with Crippen LogP contribution in [0.5, 0.6) is 0 Å². The zero-order valence-corrected chi connectivity index (χ0v) is 13.8. The van der Waals surface area contributed by atoms with Crippen LogP contribution >= 0.6 is 0 Å². The van der Waals surface area contributed by atoms with E-state index < -0.39 is 12.0 Å². The second-order valence-electron chi connectivity index (χ2n) is 7.05. The zero-order valence-electron chi connectivity index (χ0n) is 13.8. The van der Waals surface area contributed by atoms with Crippen molar-refractivity contribution in [2.24, 2.45) is 12.5 Å². The fourth-order valence-electron chi connectivity index (χ4n) is 2.42. The summed E-state index contributed by atoms with van der Waals surface area (Å²) in [7, 11) is 1.96. The van der Waals surface area contributed by atoms with Crippen LogP contribution in [0.15, 0.2) is 24.5 Å². The molecule has 1 aromatic heterocycles. The predicted molar refractivity (Wildman–Crippen MR) is 87.7 cm³/mol. The molecule has 0 aliphatic rings. The number of benzene rings is 1. The second kappa shape index (κ2) is 6.48. The molecule has 0 unspecified atom stereocenters. The average Bonchev–Trinajstić information content (AvgIpc) is 2.78. The van der Waals surface area contributed by atoms with E-state index in [4.69, 9.17) is 0 Å². The fourth-order valence-corrected chi connectivity index (χ4v) is 2.42. The highest BCUT2D eigenvalue weighted by molar-refractivity contribution is 5.76. The molecule has 0 amide bonds. The Morgan fingerprint density at radius 3 is 2.77 bits per heavy atom. The number of aryl methyl sites for hydroxylation is 1. The van der Waals surface area contributed by atoms with E-state index >= 15 is 0 Å². The first-order valence-corrected chi connectivity index (χ1v) is 7.62. The van der Waals surface area contributed by atoms with Crippen LogP contribution < -0.4 is 5.32 Å². The summed E-state index contributed by atoms with van der Waals surface area (Å²) in [5.74, 6) is -0.789. The van der Waals surface area contributed by atoms with Crippen molar-refractivity contribution in [3.05, 3.63) is 30.1 Å². The van der Waals surface area contributed by atoms with Gasteiger partial charge in [0.15, 0.2) is 0 Å². The van der Waals surface area contributed by atoms with E-state index in [1.807, 2.05) is 29.8 Å². The normalized spacial score (nSPS) is 13.5. The number of fused-ring (bicyclic) bond motifs is 1. The van der Waals surface area contributed by atoms with Gasteiger partial charge < -0.3 is 15.0 Å². The van der Waals surface area contributed by atoms with Crippen molar-refractivity contribution in [3.8, 4) is 0 Å². The molecule has 0 aliphatic heterocycles. The Bertz CT molecular complexity index is 655. The Kier molecular flexibility index (Phi) is 4.86. The summed E-state index contributed by atoms with van der Waals surface area (Å²) in [4.78, 5) is 15.7. The third kappa shape index (κ3) is 4.31. The van der Waals surface area contributed by atoms with Crippen LogP contribution in [0.2, 0.25) is 0 Å². The lowest BCUT2D eigenvalue weighted by Crippen LogP contribution is -2.37. The number of hydrogen-bond donors (Lipinski definition) is 2. The number of carboxylic acids is 1. The number of nitrogens with zero attached hydrogens (tertiary/aromatic N) is 2. The van der Waals surface area contributed by atoms with E-state index in [2.05, 4.69) is 31.1 Å². The van der Waals surface area contributed by atoms with E-state index in [0.29, 0.717) is 13.0 Å². The number of hydrogen-bond acceptors (Lipinski definition) is 3. The molecule has 5 nitrogen and oxygen atoms in total. The first kappa shape index (κ1) is 16.5. The van der Waals surface area contributed by atoms with Crippen LogP contribution in [0.1, 0.15) is 39.2 Å². The Morgan fingerprint density at radius 1 is 1.41 bits per heavy atom. The van der Waals surface area contributed by atoms with Crippen molar-refractivity contribution < 1.29 is 9.90 Å². The molecule has 0 spiro atoms. The first-order valence-electron chi connectivity index (χ1n) is 7.62. The van der Waals surface area contributed by atoms with Crippen LogP contribution in [-0.4, -0.2) is 26.7 Å². The van der Waals surface area contributed by atoms with Gasteiger partial charge in [-0.05, 0) is 36.0 Å². The van der Waals surface area contributed by atoms with Crippen LogP contribution in [0, 0.1) is 5.41 Å². The number of nitrogens with one attached hydrogen (secondary N) is 1. The van der Waals surface area contributed by atoms with Gasteiger partial charge in [-0.1, -0.05) is 26.8 Å². The average molecular weight is 303 g/mol. The maximum absolute atomic E-state index is 11.4. The van der Waals surface area contributed by atoms with E-state index in [1.54, 1.807) is 6.33 Å². The van der Waals surface area contributed by atoms with Gasteiger partial charge in [0.2, 0.25) is 0 Å². The van der Waals surface area contributed by atoms with Crippen molar-refractivity contribution in [3.63, 3.8) is 0 Å². The van der Waals surface area contributed by atoms with Gasteiger partial charge in [0.05, 0.1) is 17.4 Å². The topological polar surface area (TPSA) is 67.2 Å². The van der Waals surface area contributed by atoms with E-state index in [-0.39, 0.29) is 5.41 Å². The highest BCUT2D eigenvalue weighted by atomic mass is 16.4. The standard InChI is InChI=1S/C17H25N3O2/c1-17(2,3)8-7-13(16(21)22)18-10-12-5-6-15-14(9-12)19-11-20(15)4/h5-6,9,11,13,18H,7-8,10H2,1-4H3,(H,21,22)/t13-/m0/s1. The number of aromatic nitrogens is 2. The molecule has 0 saturated heterocycles. The summed E-state index contributed by atoms with van der Waals surface area (Å²) in [5, 5.41) is 12.5. The van der Waals surface area contributed by atoms with Crippen molar-refractivity contribution in [1.82, 2.24) is 14.9 Å². The van der Waals surface area contributed by atoms with Crippen LogP contribution in [0.4, 0.5) is 0 Å². The summed E-state index contributed by atoms with van der Waals surface area (Å²) in [6, 6.07) is 5.52. The molecular weight excluding hydrogens is 278 g/mol. The van der Waals surface area contributed by atoms with Crippen molar-refractivity contribution >= 4 is 17.0 Å². The van der Waals surface area contributed by atoms with Gasteiger partial charge in [0.25, 0.3) is 0 Å². The molecule has 1 atom stereocenters. The number of rotatable bonds is 6. The van der Waals surface area contributed by atoms with Crippen LogP contribution in [-0.2, 0) is 18.4 Å². The minimum absolute atomic E-state index is 0.141. The molecule has 22 heavy (non-hydrogen) atoms. The molecule has 0 fully saturated rings. The lowest BCUT2D eigenvalue weighted by Gasteiger charge is -2.21. The number of aliphatic carboxylic acids is 1. The quantitative estimate of drug-likeness (QED) is 0.861. The monoisotopic (exact) mass is 303 g/mol. The third-order valence-electron chi connectivity index (χ3n) is 3.82. The largest absolute Gasteiger partial charge is 0.480 e. The van der Waals surface area contributed by atoms with Gasteiger partial charge in [-0.3, -0.25) is 4.79 Å². The molecule has 0 aliphatic carbocycles. The molecular formula is C17H25N3O2. The van der Waals surface area contributed by atoms with Crippen molar-refractivity contribution in [1.29, 1.82) is 0 Å². The Balaban J connectivity index is 1.99. The second-order valence-corrected chi connectivity index (χ2v) is 7.05. The van der Waals surface area contributed by atoms with Crippen molar-refractivity contribution in [2.45, 2.75) is 46.2 Å². The SMILES string of the molecule is Cn1cnc2cc(CN[C@@H](CCC(C)(C)C)C(=O)O)ccc21. The molecule has 5 heteroatoms. The molecule has 1 heterocycles. The zero-order chi connectivity index (χ0) is 16.3. The van der Waals surface area contributed by atoms with E-state index in [9.17, 15) is 9.90 Å². The van der Waals surface area contributed by atoms with E-state index in [1.165, 1.54) is 0 Å². The lowest BCUT2D eigenvalue weighted by molar-refractivity contribution is -0.139. The van der Waals surface area contributed by atoms with Crippen LogP contribution in [0.3, 0.4) is 0 Å². The van der Waals surface area contributed by atoms with Crippen LogP contribution in [0.25, 0.3) is 11.0 Å². The molecule has 120 valence electrons. The Hall–Kier alpha value is -1.88. The van der Waals surface area contributed by atoms with Gasteiger partial charge in [0.1, 0.15) is 6.04 Å². The summed E-state index contributed by atoms with van der Waals surface area (Å²) in [6.45, 7) is 6.91. The van der Waals surface area contributed by atoms with Gasteiger partial charge in [-0.2, -0.15) is 0 Å². The highest BCUT2D eigenvalue weighted by Crippen LogP contribution is 2.22. The molecule has 0 bridgehead atoms. The Labute approximate surface area is 131 Å². The number of imidazole rings is 1. The third-order valence-corrected chi connectivity index (χ3v) is 3.82. The van der Waals surface area contributed by atoms with Gasteiger partial charge in [-0.25, -0.2) is 4.98 Å². The Morgan fingerprint density at radius 2 is 2.14 bits per heavy atom. The summed E-state index contributed by atoms with van der Waals surface area (Å²) in [6.07, 6.45) is 3.28. The summed E-state index contributed by atoms with van der Waals surface area (Å²) in [5.41, 5.74) is 3.20. The van der Waals surface area contributed by atoms with Gasteiger partial charge in [0, 0.05) is 13.6 Å². The number of carboxylic acid groups (broad SMARTS) is 1. The molecule has 2 aromatic rings. The minimum atomic E-state index is -0.789. The summed E-state index contributed by atoms with van der Waals surface area (Å²) >= 11 is 0. The molecule has 2 rings (SSSR count). The predicted octanol–water partition coefficient (Wildman–Crippen LogP) is 2.94. The molecule has 0 saturated carbocycles. The number of carbonyl (C=O) groups is 1. The molecule has 1 aromatic carbocycles. The highest BCUT2D eigenvalue weighted by Gasteiger charge is 2.20. The van der Waals surface area contributed by atoms with Gasteiger partial charge >= 0.3 is 5.97 Å². The first-order chi connectivity index (χ1) is 10.3. The lowest BCUT2D eigenvalue weighted by atomic mass is 9.88. The smallest absolute Gasteiger partial charge is 0.320 e. The molecule has 0 radical (unpaired) electrons. The van der Waals surface area contributed by atoms with Crippen molar-refractivity contribution in [2.75, 3.05) is 0 Å². The minimum Gasteiger partial charge on any atom is -0.480 e. The maximum Gasteiger partial charge on any atom is 0.320 e. The van der Waals surface area contributed by atoms with E-state index in [0.717, 1.165) is 23.0 Å². The summed E-state index contributed by atoms with van der Waals surface area (Å²) < 4.78 is 1.97.